The van der Waals surface area contributed by atoms with Crippen molar-refractivity contribution in [2.24, 2.45) is 0 Å². The van der Waals surface area contributed by atoms with E-state index in [1.807, 2.05) is 21.9 Å². The number of carbonyl (C=O) groups excluding carboxylic acids is 1. The molecule has 0 aliphatic rings. The summed E-state index contributed by atoms with van der Waals surface area (Å²) in [5.74, 6) is 0.450. The minimum absolute atomic E-state index is 0.151. The van der Waals surface area contributed by atoms with Crippen molar-refractivity contribution < 1.29 is 9.53 Å². The molecule has 0 radical (unpaired) electrons. The van der Waals surface area contributed by atoms with Crippen LogP contribution in [0.4, 0.5) is 11.5 Å². The molecule has 4 aromatic rings. The number of methoxy groups -OCH3 is 1. The summed E-state index contributed by atoms with van der Waals surface area (Å²) < 4.78 is 6.82. The van der Waals surface area contributed by atoms with Gasteiger partial charge in [-0.2, -0.15) is 0 Å². The van der Waals surface area contributed by atoms with Crippen molar-refractivity contribution in [1.29, 1.82) is 0 Å². The fourth-order valence-electron chi connectivity index (χ4n) is 3.26. The van der Waals surface area contributed by atoms with Gasteiger partial charge in [-0.15, -0.1) is 11.3 Å². The number of anilines is 2. The number of pyridine rings is 1. The second kappa shape index (κ2) is 7.85. The Morgan fingerprint density at radius 1 is 1.28 bits per heavy atom. The smallest absolute Gasteiger partial charge is 0.311 e. The third kappa shape index (κ3) is 3.59. The number of benzene rings is 1. The monoisotopic (exact) mass is 426 g/mol. The van der Waals surface area contributed by atoms with Gasteiger partial charge in [0, 0.05) is 34.7 Å². The number of aryl methyl sites for hydroxylation is 2. The van der Waals surface area contributed by atoms with Gasteiger partial charge in [-0.25, -0.2) is 4.98 Å². The third-order valence-electron chi connectivity index (χ3n) is 4.74. The van der Waals surface area contributed by atoms with E-state index in [4.69, 9.17) is 21.3 Å². The molecule has 1 N–H and O–H groups in total. The molecule has 0 bridgehead atoms. The van der Waals surface area contributed by atoms with E-state index in [-0.39, 0.29) is 12.4 Å². The molecule has 0 amide bonds. The number of fused-ring (bicyclic) bond motifs is 1. The van der Waals surface area contributed by atoms with E-state index in [0.717, 1.165) is 38.9 Å². The maximum absolute atomic E-state index is 11.9. The molecular weight excluding hydrogens is 408 g/mol. The first kappa shape index (κ1) is 19.4. The summed E-state index contributed by atoms with van der Waals surface area (Å²) >= 11 is 7.89. The third-order valence-corrected chi connectivity index (χ3v) is 5.92. The van der Waals surface area contributed by atoms with Gasteiger partial charge in [-0.05, 0) is 31.0 Å². The van der Waals surface area contributed by atoms with Crippen LogP contribution in [0.3, 0.4) is 0 Å². The number of hydrogen-bond donors (Lipinski definition) is 1. The number of carbonyl (C=O) groups is 1. The zero-order valence-electron chi connectivity index (χ0n) is 16.2. The Balaban J connectivity index is 1.95. The number of halogens is 1. The normalized spacial score (nSPS) is 11.0. The summed E-state index contributed by atoms with van der Waals surface area (Å²) in [6, 6.07) is 7.96. The van der Waals surface area contributed by atoms with Crippen LogP contribution < -0.4 is 5.32 Å². The standard InChI is InChI=1S/C21H19ClN4O2S/c1-12-5-4-6-13(2)18(12)24-20-19(15-7-8-23-10-16(15)22)25-21-26(20)14(11-29-21)9-17(27)28-3/h4-8,10-11,24H,9H2,1-3H3. The SMILES string of the molecule is COC(=O)Cc1csc2nc(-c3ccncc3Cl)c(Nc3c(C)cccc3C)n12. The predicted octanol–water partition coefficient (Wildman–Crippen LogP) is 5.19. The quantitative estimate of drug-likeness (QED) is 0.445. The molecule has 0 fully saturated rings. The summed E-state index contributed by atoms with van der Waals surface area (Å²) in [6.07, 6.45) is 3.44. The number of rotatable bonds is 5. The van der Waals surface area contributed by atoms with Gasteiger partial charge in [-0.1, -0.05) is 29.8 Å². The molecule has 0 unspecified atom stereocenters. The first-order valence-corrected chi connectivity index (χ1v) is 10.2. The van der Waals surface area contributed by atoms with Crippen LogP contribution in [0.1, 0.15) is 16.8 Å². The molecule has 148 valence electrons. The highest BCUT2D eigenvalue weighted by Gasteiger charge is 2.22. The number of imidazole rings is 1. The molecule has 3 aromatic heterocycles. The predicted molar refractivity (Wildman–Crippen MR) is 116 cm³/mol. The fraction of sp³-hybridized carbons (Fsp3) is 0.190. The van der Waals surface area contributed by atoms with Crippen molar-refractivity contribution in [3.63, 3.8) is 0 Å². The number of nitrogens with zero attached hydrogens (tertiary/aromatic N) is 3. The second-order valence-electron chi connectivity index (χ2n) is 6.65. The fourth-order valence-corrected chi connectivity index (χ4v) is 4.36. The Labute approximate surface area is 177 Å². The molecule has 4 rings (SSSR count). The number of thiazole rings is 1. The van der Waals surface area contributed by atoms with Gasteiger partial charge in [-0.3, -0.25) is 14.2 Å². The van der Waals surface area contributed by atoms with Crippen LogP contribution in [0.2, 0.25) is 5.02 Å². The first-order valence-electron chi connectivity index (χ1n) is 8.98. The van der Waals surface area contributed by atoms with E-state index in [1.54, 1.807) is 12.4 Å². The highest BCUT2D eigenvalue weighted by atomic mass is 35.5. The van der Waals surface area contributed by atoms with Crippen molar-refractivity contribution in [2.45, 2.75) is 20.3 Å². The van der Waals surface area contributed by atoms with Crippen molar-refractivity contribution >= 4 is 45.4 Å². The number of aromatic nitrogens is 3. The van der Waals surface area contributed by atoms with Gasteiger partial charge >= 0.3 is 5.97 Å². The highest BCUT2D eigenvalue weighted by molar-refractivity contribution is 7.15. The Morgan fingerprint density at radius 3 is 2.72 bits per heavy atom. The van der Waals surface area contributed by atoms with Crippen LogP contribution in [0.5, 0.6) is 0 Å². The van der Waals surface area contributed by atoms with Gasteiger partial charge in [0.25, 0.3) is 0 Å². The zero-order chi connectivity index (χ0) is 20.5. The van der Waals surface area contributed by atoms with Crippen molar-refractivity contribution in [3.05, 3.63) is 63.9 Å². The molecule has 0 aliphatic carbocycles. The summed E-state index contributed by atoms with van der Waals surface area (Å²) in [7, 11) is 1.39. The Kier molecular flexibility index (Phi) is 5.25. The summed E-state index contributed by atoms with van der Waals surface area (Å²) in [6.45, 7) is 4.10. The van der Waals surface area contributed by atoms with Crippen LogP contribution in [0.25, 0.3) is 16.2 Å². The maximum atomic E-state index is 11.9. The van der Waals surface area contributed by atoms with E-state index >= 15 is 0 Å². The van der Waals surface area contributed by atoms with Crippen LogP contribution in [-0.2, 0) is 16.0 Å². The molecule has 6 nitrogen and oxygen atoms in total. The minimum Gasteiger partial charge on any atom is -0.469 e. The summed E-state index contributed by atoms with van der Waals surface area (Å²) in [5.41, 5.74) is 5.49. The van der Waals surface area contributed by atoms with Crippen LogP contribution in [0, 0.1) is 13.8 Å². The largest absolute Gasteiger partial charge is 0.469 e. The lowest BCUT2D eigenvalue weighted by Gasteiger charge is -2.15. The molecule has 0 saturated carbocycles. The minimum atomic E-state index is -0.306. The number of ether oxygens (including phenoxy) is 1. The molecule has 0 aliphatic heterocycles. The van der Waals surface area contributed by atoms with E-state index in [1.165, 1.54) is 18.4 Å². The van der Waals surface area contributed by atoms with Gasteiger partial charge in [0.15, 0.2) is 4.96 Å². The Morgan fingerprint density at radius 2 is 2.03 bits per heavy atom. The lowest BCUT2D eigenvalue weighted by Crippen LogP contribution is -2.08. The van der Waals surface area contributed by atoms with Crippen molar-refractivity contribution in [1.82, 2.24) is 14.4 Å². The number of nitrogens with one attached hydrogen (secondary N) is 1. The number of hydrogen-bond acceptors (Lipinski definition) is 6. The Hall–Kier alpha value is -2.90. The topological polar surface area (TPSA) is 68.5 Å². The molecular formula is C21H19ClN4O2S. The number of para-hydroxylation sites is 1. The molecule has 29 heavy (non-hydrogen) atoms. The highest BCUT2D eigenvalue weighted by Crippen LogP contribution is 2.38. The average Bonchev–Trinajstić information content (AvgIpc) is 3.25. The van der Waals surface area contributed by atoms with Crippen LogP contribution in [0.15, 0.2) is 42.0 Å². The molecule has 3 heterocycles. The van der Waals surface area contributed by atoms with E-state index in [9.17, 15) is 4.79 Å². The zero-order valence-corrected chi connectivity index (χ0v) is 17.8. The van der Waals surface area contributed by atoms with E-state index in [0.29, 0.717) is 10.7 Å². The van der Waals surface area contributed by atoms with Gasteiger partial charge < -0.3 is 10.1 Å². The second-order valence-corrected chi connectivity index (χ2v) is 7.90. The summed E-state index contributed by atoms with van der Waals surface area (Å²) in [4.78, 5) is 21.6. The lowest BCUT2D eigenvalue weighted by molar-refractivity contribution is -0.139. The molecule has 0 spiro atoms. The van der Waals surface area contributed by atoms with Crippen LogP contribution in [-0.4, -0.2) is 27.4 Å². The Bertz CT molecular complexity index is 1190. The van der Waals surface area contributed by atoms with Gasteiger partial charge in [0.2, 0.25) is 0 Å². The average molecular weight is 427 g/mol. The van der Waals surface area contributed by atoms with Gasteiger partial charge in [0.05, 0.1) is 18.6 Å². The summed E-state index contributed by atoms with van der Waals surface area (Å²) in [5, 5.41) is 5.99. The number of esters is 1. The van der Waals surface area contributed by atoms with E-state index < -0.39 is 0 Å². The van der Waals surface area contributed by atoms with E-state index in [2.05, 4.69) is 36.3 Å². The van der Waals surface area contributed by atoms with Crippen molar-refractivity contribution in [2.75, 3.05) is 12.4 Å². The van der Waals surface area contributed by atoms with Crippen LogP contribution >= 0.6 is 22.9 Å². The molecule has 1 aromatic carbocycles. The first-order chi connectivity index (χ1) is 14.0. The molecule has 0 atom stereocenters. The lowest BCUT2D eigenvalue weighted by atomic mass is 10.1. The molecule has 0 saturated heterocycles. The maximum Gasteiger partial charge on any atom is 0.311 e. The van der Waals surface area contributed by atoms with Gasteiger partial charge in [0.1, 0.15) is 11.5 Å². The van der Waals surface area contributed by atoms with Crippen molar-refractivity contribution in [3.8, 4) is 11.3 Å². The molecule has 8 heteroatoms.